The number of carboxylic acids is 1. The van der Waals surface area contributed by atoms with E-state index in [1.807, 2.05) is 30.3 Å². The van der Waals surface area contributed by atoms with Gasteiger partial charge in [0.25, 0.3) is 5.43 Å². The van der Waals surface area contributed by atoms with Crippen molar-refractivity contribution in [1.82, 2.24) is 9.78 Å². The van der Waals surface area contributed by atoms with Gasteiger partial charge in [0.2, 0.25) is 11.5 Å². The summed E-state index contributed by atoms with van der Waals surface area (Å²) in [4.78, 5) is 22.6. The highest BCUT2D eigenvalue weighted by Crippen LogP contribution is 2.33. The van der Waals surface area contributed by atoms with Crippen LogP contribution in [0.4, 0.5) is 0 Å². The molecule has 23 heavy (non-hydrogen) atoms. The molecule has 0 saturated carbocycles. The second-order valence-corrected chi connectivity index (χ2v) is 5.01. The van der Waals surface area contributed by atoms with Gasteiger partial charge in [0, 0.05) is 5.56 Å². The molecule has 0 atom stereocenters. The summed E-state index contributed by atoms with van der Waals surface area (Å²) in [5, 5.41) is 22.4. The van der Waals surface area contributed by atoms with Crippen LogP contribution in [0.25, 0.3) is 0 Å². The number of benzene rings is 1. The van der Waals surface area contributed by atoms with Crippen molar-refractivity contribution >= 4 is 5.97 Å². The van der Waals surface area contributed by atoms with E-state index in [4.69, 9.17) is 14.6 Å². The molecule has 1 aliphatic rings. The van der Waals surface area contributed by atoms with Crippen molar-refractivity contribution in [1.29, 1.82) is 0 Å². The highest BCUT2D eigenvalue weighted by atomic mass is 16.7. The van der Waals surface area contributed by atoms with Crippen LogP contribution in [0.5, 0.6) is 5.75 Å². The monoisotopic (exact) mass is 318 g/mol. The summed E-state index contributed by atoms with van der Waals surface area (Å²) in [5.74, 6) is -3.36. The van der Waals surface area contributed by atoms with Gasteiger partial charge in [-0.15, -0.1) is 0 Å². The second-order valence-electron chi connectivity index (χ2n) is 5.01. The molecule has 8 heteroatoms. The standard InChI is InChI=1S/C15H14N2O6/c18-11-8-17(16-12(13(11)19)14(20)21)9-15(22-6-7-23-15)10-4-2-1-3-5-10/h1-5,8,18H,6-7,9H2,(H,20,21). The first-order valence-corrected chi connectivity index (χ1v) is 6.89. The van der Waals surface area contributed by atoms with Crippen molar-refractivity contribution in [2.24, 2.45) is 0 Å². The summed E-state index contributed by atoms with van der Waals surface area (Å²) in [6.45, 7) is 0.727. The first-order valence-electron chi connectivity index (χ1n) is 6.89. The second kappa shape index (κ2) is 5.82. The minimum absolute atomic E-state index is 0.00880. The molecule has 120 valence electrons. The maximum atomic E-state index is 11.6. The third-order valence-electron chi connectivity index (χ3n) is 3.49. The summed E-state index contributed by atoms with van der Waals surface area (Å²) >= 11 is 0. The fraction of sp³-hybridized carbons (Fsp3) is 0.267. The van der Waals surface area contributed by atoms with E-state index in [2.05, 4.69) is 5.10 Å². The number of aromatic hydroxyl groups is 1. The molecule has 2 N–H and O–H groups in total. The van der Waals surface area contributed by atoms with Crippen LogP contribution in [-0.2, 0) is 21.8 Å². The Labute approximate surface area is 130 Å². The molecule has 8 nitrogen and oxygen atoms in total. The van der Waals surface area contributed by atoms with Gasteiger partial charge in [-0.25, -0.2) is 4.79 Å². The van der Waals surface area contributed by atoms with E-state index in [1.165, 1.54) is 0 Å². The fourth-order valence-corrected chi connectivity index (χ4v) is 2.45. The Kier molecular flexibility index (Phi) is 3.85. The first-order chi connectivity index (χ1) is 11.0. The highest BCUT2D eigenvalue weighted by Gasteiger charge is 2.39. The lowest BCUT2D eigenvalue weighted by atomic mass is 10.1. The van der Waals surface area contributed by atoms with Crippen LogP contribution in [0.1, 0.15) is 16.1 Å². The quantitative estimate of drug-likeness (QED) is 0.846. The Balaban J connectivity index is 2.02. The molecule has 1 aromatic heterocycles. The topological polar surface area (TPSA) is 111 Å². The van der Waals surface area contributed by atoms with Crippen molar-refractivity contribution in [3.63, 3.8) is 0 Å². The van der Waals surface area contributed by atoms with Crippen LogP contribution < -0.4 is 5.43 Å². The average molecular weight is 318 g/mol. The van der Waals surface area contributed by atoms with E-state index in [1.54, 1.807) is 0 Å². The molecule has 2 aromatic rings. The van der Waals surface area contributed by atoms with Gasteiger partial charge in [-0.3, -0.25) is 9.48 Å². The summed E-state index contributed by atoms with van der Waals surface area (Å²) < 4.78 is 12.6. The molecule has 0 unspecified atom stereocenters. The summed E-state index contributed by atoms with van der Waals surface area (Å²) in [5.41, 5.74) is -1.06. The molecule has 1 saturated heterocycles. The van der Waals surface area contributed by atoms with Crippen LogP contribution in [0.2, 0.25) is 0 Å². The third-order valence-corrected chi connectivity index (χ3v) is 3.49. The average Bonchev–Trinajstić information content (AvgIpc) is 3.01. The summed E-state index contributed by atoms with van der Waals surface area (Å²) in [6, 6.07) is 9.11. The molecule has 0 radical (unpaired) electrons. The summed E-state index contributed by atoms with van der Waals surface area (Å²) in [6.07, 6.45) is 1.06. The Morgan fingerprint density at radius 2 is 1.91 bits per heavy atom. The zero-order valence-corrected chi connectivity index (χ0v) is 12.0. The number of ether oxygens (including phenoxy) is 2. The number of hydrogen-bond donors (Lipinski definition) is 2. The molecule has 2 heterocycles. The highest BCUT2D eigenvalue weighted by molar-refractivity contribution is 5.85. The van der Waals surface area contributed by atoms with E-state index >= 15 is 0 Å². The van der Waals surface area contributed by atoms with Gasteiger partial charge in [0.05, 0.1) is 26.0 Å². The van der Waals surface area contributed by atoms with Gasteiger partial charge in [0.1, 0.15) is 0 Å². The molecule has 0 bridgehead atoms. The van der Waals surface area contributed by atoms with Gasteiger partial charge in [-0.2, -0.15) is 5.10 Å². The zero-order valence-electron chi connectivity index (χ0n) is 12.0. The lowest BCUT2D eigenvalue weighted by molar-refractivity contribution is -0.178. The predicted molar refractivity (Wildman–Crippen MR) is 77.1 cm³/mol. The number of carbonyl (C=O) groups is 1. The third kappa shape index (κ3) is 2.81. The molecule has 1 fully saturated rings. The Bertz CT molecular complexity index is 780. The molecule has 0 aliphatic carbocycles. The largest absolute Gasteiger partial charge is 0.503 e. The first kappa shape index (κ1) is 15.2. The Hall–Kier alpha value is -2.71. The van der Waals surface area contributed by atoms with Gasteiger partial charge in [0.15, 0.2) is 5.75 Å². The van der Waals surface area contributed by atoms with Crippen LogP contribution in [0.3, 0.4) is 0 Å². The minimum Gasteiger partial charge on any atom is -0.503 e. The summed E-state index contributed by atoms with van der Waals surface area (Å²) in [7, 11) is 0. The Morgan fingerprint density at radius 1 is 1.26 bits per heavy atom. The lowest BCUT2D eigenvalue weighted by Crippen LogP contribution is -2.35. The number of rotatable bonds is 4. The van der Waals surface area contributed by atoms with Crippen molar-refractivity contribution < 1.29 is 24.5 Å². The molecule has 0 amide bonds. The Morgan fingerprint density at radius 3 is 2.52 bits per heavy atom. The van der Waals surface area contributed by atoms with Gasteiger partial charge >= 0.3 is 5.97 Å². The fourth-order valence-electron chi connectivity index (χ4n) is 2.45. The minimum atomic E-state index is -1.51. The molecule has 0 spiro atoms. The maximum absolute atomic E-state index is 11.6. The van der Waals surface area contributed by atoms with Crippen LogP contribution in [0.15, 0.2) is 41.3 Å². The molecule has 1 aromatic carbocycles. The zero-order chi connectivity index (χ0) is 16.4. The smallest absolute Gasteiger partial charge is 0.360 e. The van der Waals surface area contributed by atoms with Crippen LogP contribution >= 0.6 is 0 Å². The van der Waals surface area contributed by atoms with Crippen molar-refractivity contribution in [2.75, 3.05) is 13.2 Å². The van der Waals surface area contributed by atoms with Gasteiger partial charge in [-0.05, 0) is 0 Å². The van der Waals surface area contributed by atoms with E-state index in [0.717, 1.165) is 16.4 Å². The number of carboxylic acid groups (broad SMARTS) is 1. The van der Waals surface area contributed by atoms with Gasteiger partial charge < -0.3 is 19.7 Å². The molecule has 3 rings (SSSR count). The maximum Gasteiger partial charge on any atom is 0.360 e. The number of nitrogens with zero attached hydrogens (tertiary/aromatic N) is 2. The van der Waals surface area contributed by atoms with E-state index < -0.39 is 28.6 Å². The van der Waals surface area contributed by atoms with Crippen LogP contribution in [0, 0.1) is 0 Å². The SMILES string of the molecule is O=C(O)c1nn(CC2(c3ccccc3)OCCO2)cc(O)c1=O. The number of aromatic nitrogens is 2. The molecule has 1 aliphatic heterocycles. The van der Waals surface area contributed by atoms with E-state index in [0.29, 0.717) is 13.2 Å². The number of aromatic carboxylic acids is 1. The number of hydrogen-bond acceptors (Lipinski definition) is 6. The molecular weight excluding hydrogens is 304 g/mol. The molecular formula is C15H14N2O6. The van der Waals surface area contributed by atoms with Crippen molar-refractivity contribution in [3.8, 4) is 5.75 Å². The van der Waals surface area contributed by atoms with E-state index in [9.17, 15) is 14.7 Å². The van der Waals surface area contributed by atoms with Crippen molar-refractivity contribution in [2.45, 2.75) is 12.3 Å². The predicted octanol–water partition coefficient (Wildman–Crippen LogP) is 0.547. The van der Waals surface area contributed by atoms with Crippen LogP contribution in [-0.4, -0.2) is 39.2 Å². The van der Waals surface area contributed by atoms with Gasteiger partial charge in [-0.1, -0.05) is 30.3 Å². The van der Waals surface area contributed by atoms with Crippen molar-refractivity contribution in [3.05, 3.63) is 58.0 Å². The lowest BCUT2D eigenvalue weighted by Gasteiger charge is -2.28. The van der Waals surface area contributed by atoms with E-state index in [-0.39, 0.29) is 6.54 Å². The normalized spacial score (nSPS) is 16.3.